The lowest BCUT2D eigenvalue weighted by Crippen LogP contribution is -2.39. The molecule has 20 heavy (non-hydrogen) atoms. The summed E-state index contributed by atoms with van der Waals surface area (Å²) in [6.07, 6.45) is 3.33. The van der Waals surface area contributed by atoms with Gasteiger partial charge < -0.3 is 10.5 Å². The van der Waals surface area contributed by atoms with Gasteiger partial charge in [0.15, 0.2) is 0 Å². The minimum absolute atomic E-state index is 0.295. The Hall–Kier alpha value is -1.65. The minimum Gasteiger partial charge on any atom is -0.458 e. The molecule has 4 nitrogen and oxygen atoms in total. The number of ether oxygens (including phenoxy) is 1. The van der Waals surface area contributed by atoms with Crippen LogP contribution in [0.2, 0.25) is 0 Å². The Morgan fingerprint density at radius 1 is 1.30 bits per heavy atom. The number of piperidine rings is 1. The molecule has 0 spiro atoms. The number of nitrogens with two attached hydrogens (primary N) is 1. The monoisotopic (exact) mass is 274 g/mol. The first-order chi connectivity index (χ1) is 9.67. The average Bonchev–Trinajstić information content (AvgIpc) is 2.48. The van der Waals surface area contributed by atoms with Gasteiger partial charge >= 0.3 is 5.97 Å². The van der Waals surface area contributed by atoms with Gasteiger partial charge in [-0.3, -0.25) is 4.90 Å². The summed E-state index contributed by atoms with van der Waals surface area (Å²) in [5.41, 5.74) is 8.17. The molecule has 1 fully saturated rings. The number of hydrogen-bond donors (Lipinski definition) is 1. The van der Waals surface area contributed by atoms with Crippen LogP contribution in [0.15, 0.2) is 36.9 Å². The summed E-state index contributed by atoms with van der Waals surface area (Å²) in [6.45, 7) is 6.76. The Kier molecular flexibility index (Phi) is 5.32. The first-order valence-electron chi connectivity index (χ1n) is 7.02. The third-order valence-electron chi connectivity index (χ3n) is 3.61. The highest BCUT2D eigenvalue weighted by Crippen LogP contribution is 2.13. The second kappa shape index (κ2) is 7.22. The largest absolute Gasteiger partial charge is 0.458 e. The van der Waals surface area contributed by atoms with Crippen LogP contribution in [0.3, 0.4) is 0 Å². The van der Waals surface area contributed by atoms with Gasteiger partial charge in [0.1, 0.15) is 6.61 Å². The first-order valence-corrected chi connectivity index (χ1v) is 7.02. The highest BCUT2D eigenvalue weighted by atomic mass is 16.5. The fourth-order valence-electron chi connectivity index (χ4n) is 2.32. The fourth-order valence-corrected chi connectivity index (χ4v) is 2.32. The van der Waals surface area contributed by atoms with Gasteiger partial charge in [0, 0.05) is 18.7 Å². The van der Waals surface area contributed by atoms with E-state index in [2.05, 4.69) is 23.6 Å². The minimum atomic E-state index is -0.390. The van der Waals surface area contributed by atoms with Crippen molar-refractivity contribution in [1.82, 2.24) is 4.90 Å². The molecule has 0 unspecified atom stereocenters. The smallest absolute Gasteiger partial charge is 0.330 e. The molecule has 1 aliphatic rings. The molecule has 0 amide bonds. The van der Waals surface area contributed by atoms with Crippen LogP contribution >= 0.6 is 0 Å². The Balaban J connectivity index is 1.82. The summed E-state index contributed by atoms with van der Waals surface area (Å²) < 4.78 is 5.00. The molecule has 1 saturated heterocycles. The van der Waals surface area contributed by atoms with Crippen molar-refractivity contribution in [2.45, 2.75) is 32.0 Å². The van der Waals surface area contributed by atoms with Gasteiger partial charge in [-0.2, -0.15) is 0 Å². The Bertz CT molecular complexity index is 448. The van der Waals surface area contributed by atoms with Crippen LogP contribution in [-0.4, -0.2) is 30.0 Å². The lowest BCUT2D eigenvalue weighted by molar-refractivity contribution is -0.138. The standard InChI is InChI=1S/C16H22N2O2/c1-2-16(19)20-12-14-5-3-13(4-6-14)11-18-9-7-15(17)8-10-18/h2-6,15H,1,7-12,17H2. The lowest BCUT2D eigenvalue weighted by Gasteiger charge is -2.30. The lowest BCUT2D eigenvalue weighted by atomic mass is 10.0. The van der Waals surface area contributed by atoms with Crippen LogP contribution in [0.1, 0.15) is 24.0 Å². The van der Waals surface area contributed by atoms with Gasteiger partial charge in [0.05, 0.1) is 0 Å². The van der Waals surface area contributed by atoms with E-state index in [1.807, 2.05) is 12.1 Å². The SMILES string of the molecule is C=CC(=O)OCc1ccc(CN2CCC(N)CC2)cc1. The maximum Gasteiger partial charge on any atom is 0.330 e. The topological polar surface area (TPSA) is 55.6 Å². The zero-order valence-corrected chi connectivity index (χ0v) is 11.8. The number of hydrogen-bond acceptors (Lipinski definition) is 4. The molecule has 0 saturated carbocycles. The number of carbonyl (C=O) groups excluding carboxylic acids is 1. The van der Waals surface area contributed by atoms with Crippen molar-refractivity contribution in [3.8, 4) is 0 Å². The van der Waals surface area contributed by atoms with E-state index >= 15 is 0 Å². The number of nitrogens with zero attached hydrogens (tertiary/aromatic N) is 1. The van der Waals surface area contributed by atoms with E-state index in [4.69, 9.17) is 10.5 Å². The van der Waals surface area contributed by atoms with Crippen LogP contribution in [0.5, 0.6) is 0 Å². The van der Waals surface area contributed by atoms with Gasteiger partial charge in [-0.1, -0.05) is 30.8 Å². The van der Waals surface area contributed by atoms with E-state index in [0.29, 0.717) is 12.6 Å². The Morgan fingerprint density at radius 3 is 2.50 bits per heavy atom. The number of benzene rings is 1. The summed E-state index contributed by atoms with van der Waals surface area (Å²) in [5, 5.41) is 0. The average molecular weight is 274 g/mol. The second-order valence-corrected chi connectivity index (χ2v) is 5.24. The zero-order valence-electron chi connectivity index (χ0n) is 11.8. The zero-order chi connectivity index (χ0) is 14.4. The highest BCUT2D eigenvalue weighted by Gasteiger charge is 2.15. The van der Waals surface area contributed by atoms with Gasteiger partial charge in [0.25, 0.3) is 0 Å². The Morgan fingerprint density at radius 2 is 1.90 bits per heavy atom. The van der Waals surface area contributed by atoms with Gasteiger partial charge in [0.2, 0.25) is 0 Å². The van der Waals surface area contributed by atoms with Crippen LogP contribution in [0, 0.1) is 0 Å². The van der Waals surface area contributed by atoms with Crippen molar-refractivity contribution in [2.75, 3.05) is 13.1 Å². The molecule has 1 heterocycles. The fraction of sp³-hybridized carbons (Fsp3) is 0.438. The normalized spacial score (nSPS) is 16.9. The van der Waals surface area contributed by atoms with Crippen molar-refractivity contribution in [3.63, 3.8) is 0 Å². The van der Waals surface area contributed by atoms with Crippen molar-refractivity contribution in [3.05, 3.63) is 48.0 Å². The molecular weight excluding hydrogens is 252 g/mol. The van der Waals surface area contributed by atoms with Gasteiger partial charge in [-0.25, -0.2) is 4.79 Å². The molecule has 0 bridgehead atoms. The second-order valence-electron chi connectivity index (χ2n) is 5.24. The van der Waals surface area contributed by atoms with Crippen molar-refractivity contribution in [2.24, 2.45) is 5.73 Å². The highest BCUT2D eigenvalue weighted by molar-refractivity contribution is 5.81. The molecule has 2 rings (SSSR count). The van der Waals surface area contributed by atoms with Gasteiger partial charge in [-0.05, 0) is 37.1 Å². The van der Waals surface area contributed by atoms with Crippen LogP contribution in [0.4, 0.5) is 0 Å². The van der Waals surface area contributed by atoms with Crippen molar-refractivity contribution >= 4 is 5.97 Å². The van der Waals surface area contributed by atoms with Crippen LogP contribution in [-0.2, 0) is 22.7 Å². The quantitative estimate of drug-likeness (QED) is 0.657. The summed E-state index contributed by atoms with van der Waals surface area (Å²) in [7, 11) is 0. The number of rotatable bonds is 5. The number of esters is 1. The molecule has 0 radical (unpaired) electrons. The van der Waals surface area contributed by atoms with Crippen LogP contribution < -0.4 is 5.73 Å². The molecule has 2 N–H and O–H groups in total. The van der Waals surface area contributed by atoms with Crippen molar-refractivity contribution in [1.29, 1.82) is 0 Å². The summed E-state index contributed by atoms with van der Waals surface area (Å²) in [4.78, 5) is 13.4. The third kappa shape index (κ3) is 4.47. The molecule has 4 heteroatoms. The predicted octanol–water partition coefficient (Wildman–Crippen LogP) is 1.84. The summed E-state index contributed by atoms with van der Waals surface area (Å²) in [6, 6.07) is 8.55. The van der Waals surface area contributed by atoms with Gasteiger partial charge in [-0.15, -0.1) is 0 Å². The van der Waals surface area contributed by atoms with E-state index in [1.165, 1.54) is 11.6 Å². The maximum atomic E-state index is 11.0. The molecule has 1 aromatic carbocycles. The van der Waals surface area contributed by atoms with Crippen LogP contribution in [0.25, 0.3) is 0 Å². The summed E-state index contributed by atoms with van der Waals surface area (Å²) in [5.74, 6) is -0.390. The Labute approximate surface area is 120 Å². The number of carbonyl (C=O) groups is 1. The van der Waals surface area contributed by atoms with E-state index in [-0.39, 0.29) is 0 Å². The van der Waals surface area contributed by atoms with E-state index in [9.17, 15) is 4.79 Å². The molecule has 1 aromatic rings. The molecule has 0 aromatic heterocycles. The molecule has 0 aliphatic carbocycles. The first kappa shape index (κ1) is 14.8. The van der Waals surface area contributed by atoms with Crippen molar-refractivity contribution < 1.29 is 9.53 Å². The third-order valence-corrected chi connectivity index (χ3v) is 3.61. The molecular formula is C16H22N2O2. The number of likely N-dealkylation sites (tertiary alicyclic amines) is 1. The van der Waals surface area contributed by atoms with E-state index < -0.39 is 5.97 Å². The predicted molar refractivity (Wildman–Crippen MR) is 78.9 cm³/mol. The molecule has 108 valence electrons. The van der Waals surface area contributed by atoms with E-state index in [1.54, 1.807) is 0 Å². The molecule has 1 aliphatic heterocycles. The maximum absolute atomic E-state index is 11.0. The molecule has 0 atom stereocenters. The summed E-state index contributed by atoms with van der Waals surface area (Å²) >= 11 is 0. The van der Waals surface area contributed by atoms with E-state index in [0.717, 1.165) is 38.0 Å².